The summed E-state index contributed by atoms with van der Waals surface area (Å²) in [7, 11) is 0. The highest BCUT2D eigenvalue weighted by molar-refractivity contribution is 6.33. The summed E-state index contributed by atoms with van der Waals surface area (Å²) < 4.78 is 0. The van der Waals surface area contributed by atoms with Crippen molar-refractivity contribution >= 4 is 23.3 Å². The number of aryl methyl sites for hydroxylation is 1. The van der Waals surface area contributed by atoms with Gasteiger partial charge in [0, 0.05) is 6.54 Å². The minimum Gasteiger partial charge on any atom is -0.388 e. The number of hydrogen-bond donors (Lipinski definition) is 2. The topological polar surface area (TPSA) is 52.6 Å². The summed E-state index contributed by atoms with van der Waals surface area (Å²) >= 11 is 6.09. The van der Waals surface area contributed by atoms with E-state index in [4.69, 9.17) is 11.6 Å². The van der Waals surface area contributed by atoms with Crippen molar-refractivity contribution in [3.05, 3.63) is 28.8 Å². The molecule has 1 aliphatic heterocycles. The second-order valence-corrected chi connectivity index (χ2v) is 6.33. The van der Waals surface area contributed by atoms with Gasteiger partial charge in [0.1, 0.15) is 0 Å². The van der Waals surface area contributed by atoms with Crippen molar-refractivity contribution in [2.45, 2.75) is 45.3 Å². The molecule has 0 aliphatic carbocycles. The summed E-state index contributed by atoms with van der Waals surface area (Å²) in [5, 5.41) is 13.5. The second kappa shape index (κ2) is 5.62. The van der Waals surface area contributed by atoms with Crippen LogP contribution in [0.2, 0.25) is 5.02 Å². The quantitative estimate of drug-likeness (QED) is 0.878. The summed E-state index contributed by atoms with van der Waals surface area (Å²) in [6.07, 6.45) is 1.72. The van der Waals surface area contributed by atoms with Crippen molar-refractivity contribution in [3.63, 3.8) is 0 Å². The van der Waals surface area contributed by atoms with Crippen molar-refractivity contribution in [1.82, 2.24) is 4.90 Å². The van der Waals surface area contributed by atoms with Gasteiger partial charge >= 0.3 is 6.03 Å². The minimum absolute atomic E-state index is 0.161. The third-order valence-electron chi connectivity index (χ3n) is 3.69. The lowest BCUT2D eigenvalue weighted by molar-refractivity contribution is 0.0117. The fourth-order valence-corrected chi connectivity index (χ4v) is 2.83. The maximum Gasteiger partial charge on any atom is 0.322 e. The van der Waals surface area contributed by atoms with E-state index in [1.807, 2.05) is 19.1 Å². The lowest BCUT2D eigenvalue weighted by Crippen LogP contribution is -2.49. The van der Waals surface area contributed by atoms with Crippen molar-refractivity contribution in [2.24, 2.45) is 0 Å². The Kier molecular flexibility index (Phi) is 4.25. The van der Waals surface area contributed by atoms with Gasteiger partial charge in [-0.25, -0.2) is 4.79 Å². The van der Waals surface area contributed by atoms with Crippen molar-refractivity contribution < 1.29 is 9.90 Å². The molecule has 0 radical (unpaired) electrons. The number of halogens is 1. The predicted molar refractivity (Wildman–Crippen MR) is 81.2 cm³/mol. The van der Waals surface area contributed by atoms with Crippen LogP contribution in [-0.2, 0) is 0 Å². The Labute approximate surface area is 124 Å². The Morgan fingerprint density at radius 1 is 1.50 bits per heavy atom. The van der Waals surface area contributed by atoms with Gasteiger partial charge in [-0.1, -0.05) is 17.7 Å². The maximum absolute atomic E-state index is 12.4. The average Bonchev–Trinajstić information content (AvgIpc) is 2.82. The summed E-state index contributed by atoms with van der Waals surface area (Å²) in [6.45, 7) is 6.08. The molecule has 20 heavy (non-hydrogen) atoms. The Morgan fingerprint density at radius 2 is 2.20 bits per heavy atom. The molecule has 110 valence electrons. The molecule has 0 aromatic heterocycles. The van der Waals surface area contributed by atoms with Gasteiger partial charge in [0.15, 0.2) is 0 Å². The third kappa shape index (κ3) is 3.25. The zero-order valence-corrected chi connectivity index (χ0v) is 12.9. The van der Waals surface area contributed by atoms with Gasteiger partial charge in [-0.2, -0.15) is 0 Å². The highest BCUT2D eigenvalue weighted by atomic mass is 35.5. The number of benzene rings is 1. The summed E-state index contributed by atoms with van der Waals surface area (Å²) in [5.41, 5.74) is 0.743. The van der Waals surface area contributed by atoms with E-state index in [0.717, 1.165) is 18.4 Å². The molecule has 1 aliphatic rings. The highest BCUT2D eigenvalue weighted by Crippen LogP contribution is 2.29. The summed E-state index contributed by atoms with van der Waals surface area (Å²) in [4.78, 5) is 14.1. The molecule has 5 heteroatoms. The largest absolute Gasteiger partial charge is 0.388 e. The molecule has 0 spiro atoms. The van der Waals surface area contributed by atoms with Gasteiger partial charge in [0.2, 0.25) is 0 Å². The fourth-order valence-electron chi connectivity index (χ4n) is 2.67. The first-order chi connectivity index (χ1) is 9.29. The van der Waals surface area contributed by atoms with Crippen LogP contribution in [0, 0.1) is 6.92 Å². The SMILES string of the molecule is Cc1ccc(Cl)c(NC(=O)N2CCCC2C(C)(C)O)c1. The van der Waals surface area contributed by atoms with E-state index in [9.17, 15) is 9.90 Å². The van der Waals surface area contributed by atoms with Crippen molar-refractivity contribution in [2.75, 3.05) is 11.9 Å². The van der Waals surface area contributed by atoms with Crippen LogP contribution in [0.3, 0.4) is 0 Å². The first kappa shape index (κ1) is 15.1. The van der Waals surface area contributed by atoms with E-state index in [2.05, 4.69) is 5.32 Å². The normalized spacial score (nSPS) is 19.2. The van der Waals surface area contributed by atoms with Gasteiger partial charge < -0.3 is 15.3 Å². The number of likely N-dealkylation sites (tertiary alicyclic amines) is 1. The standard InChI is InChI=1S/C15H21ClN2O2/c1-10-6-7-11(16)12(9-10)17-14(19)18-8-4-5-13(18)15(2,3)20/h6-7,9,13,20H,4-5,8H2,1-3H3,(H,17,19). The molecule has 1 aromatic rings. The van der Waals surface area contributed by atoms with Crippen molar-refractivity contribution in [3.8, 4) is 0 Å². The van der Waals surface area contributed by atoms with E-state index in [0.29, 0.717) is 17.3 Å². The molecule has 1 unspecified atom stereocenters. The number of carbonyl (C=O) groups is 1. The molecule has 0 saturated carbocycles. The van der Waals surface area contributed by atoms with Crippen LogP contribution in [0.1, 0.15) is 32.3 Å². The highest BCUT2D eigenvalue weighted by Gasteiger charge is 2.38. The molecular formula is C15H21ClN2O2. The molecule has 1 heterocycles. The van der Waals surface area contributed by atoms with Crippen LogP contribution in [-0.4, -0.2) is 34.2 Å². The van der Waals surface area contributed by atoms with Gasteiger partial charge in [-0.05, 0) is 51.3 Å². The maximum atomic E-state index is 12.4. The van der Waals surface area contributed by atoms with E-state index in [-0.39, 0.29) is 12.1 Å². The Morgan fingerprint density at radius 3 is 2.85 bits per heavy atom. The van der Waals surface area contributed by atoms with Gasteiger partial charge in [-0.3, -0.25) is 0 Å². The van der Waals surface area contributed by atoms with Crippen LogP contribution in [0.4, 0.5) is 10.5 Å². The number of carbonyl (C=O) groups excluding carboxylic acids is 1. The van der Waals surface area contributed by atoms with Gasteiger partial charge in [-0.15, -0.1) is 0 Å². The third-order valence-corrected chi connectivity index (χ3v) is 4.02. The van der Waals surface area contributed by atoms with Crippen LogP contribution in [0.25, 0.3) is 0 Å². The van der Waals surface area contributed by atoms with Crippen LogP contribution in [0.5, 0.6) is 0 Å². The molecule has 4 nitrogen and oxygen atoms in total. The average molecular weight is 297 g/mol. The number of amides is 2. The number of hydrogen-bond acceptors (Lipinski definition) is 2. The number of rotatable bonds is 2. The molecule has 1 fully saturated rings. The predicted octanol–water partition coefficient (Wildman–Crippen LogP) is 3.42. The van der Waals surface area contributed by atoms with E-state index < -0.39 is 5.60 Å². The fraction of sp³-hybridized carbons (Fsp3) is 0.533. The Bertz CT molecular complexity index is 511. The van der Waals surface area contributed by atoms with Crippen LogP contribution in [0.15, 0.2) is 18.2 Å². The monoisotopic (exact) mass is 296 g/mol. The molecular weight excluding hydrogens is 276 g/mol. The molecule has 0 bridgehead atoms. The lowest BCUT2D eigenvalue weighted by Gasteiger charge is -2.33. The zero-order chi connectivity index (χ0) is 14.9. The molecule has 1 saturated heterocycles. The number of nitrogens with zero attached hydrogens (tertiary/aromatic N) is 1. The molecule has 2 N–H and O–H groups in total. The minimum atomic E-state index is -0.899. The lowest BCUT2D eigenvalue weighted by atomic mass is 9.97. The first-order valence-electron chi connectivity index (χ1n) is 6.85. The number of aliphatic hydroxyl groups is 1. The van der Waals surface area contributed by atoms with E-state index >= 15 is 0 Å². The molecule has 1 aromatic carbocycles. The molecule has 2 rings (SSSR count). The van der Waals surface area contributed by atoms with Crippen molar-refractivity contribution in [1.29, 1.82) is 0 Å². The Balaban J connectivity index is 2.14. The number of nitrogens with one attached hydrogen (secondary N) is 1. The van der Waals surface area contributed by atoms with Gasteiger partial charge in [0.05, 0.1) is 22.4 Å². The number of urea groups is 1. The number of anilines is 1. The Hall–Kier alpha value is -1.26. The molecule has 2 amide bonds. The van der Waals surface area contributed by atoms with E-state index in [1.165, 1.54) is 0 Å². The second-order valence-electron chi connectivity index (χ2n) is 5.92. The summed E-state index contributed by atoms with van der Waals surface area (Å²) in [5.74, 6) is 0. The smallest absolute Gasteiger partial charge is 0.322 e. The summed E-state index contributed by atoms with van der Waals surface area (Å²) in [6, 6.07) is 5.14. The van der Waals surface area contributed by atoms with E-state index in [1.54, 1.807) is 24.8 Å². The first-order valence-corrected chi connectivity index (χ1v) is 7.23. The zero-order valence-electron chi connectivity index (χ0n) is 12.1. The van der Waals surface area contributed by atoms with Crippen LogP contribution >= 0.6 is 11.6 Å². The molecule has 1 atom stereocenters. The van der Waals surface area contributed by atoms with Crippen LogP contribution < -0.4 is 5.32 Å². The van der Waals surface area contributed by atoms with Gasteiger partial charge in [0.25, 0.3) is 0 Å².